The van der Waals surface area contributed by atoms with Crippen LogP contribution >= 0.6 is 11.8 Å². The van der Waals surface area contributed by atoms with E-state index < -0.39 is 0 Å². The first-order valence-electron chi connectivity index (χ1n) is 6.72. The molecule has 1 aromatic carbocycles. The molecule has 0 unspecified atom stereocenters. The number of carbonyl (C=O) groups is 1. The van der Waals surface area contributed by atoms with Crippen LogP contribution in [-0.4, -0.2) is 6.29 Å². The fourth-order valence-electron chi connectivity index (χ4n) is 1.69. The number of unbranched alkanes of at least 4 members (excludes halogenated alkanes) is 3. The van der Waals surface area contributed by atoms with E-state index in [0.29, 0.717) is 6.42 Å². The van der Waals surface area contributed by atoms with Gasteiger partial charge < -0.3 is 4.79 Å². The van der Waals surface area contributed by atoms with Crippen molar-refractivity contribution in [2.75, 3.05) is 0 Å². The van der Waals surface area contributed by atoms with Gasteiger partial charge in [0.1, 0.15) is 6.29 Å². The molecule has 0 amide bonds. The van der Waals surface area contributed by atoms with Crippen LogP contribution in [0.3, 0.4) is 0 Å². The van der Waals surface area contributed by atoms with Crippen molar-refractivity contribution >= 4 is 18.0 Å². The molecule has 18 heavy (non-hydrogen) atoms. The molecule has 0 atom stereocenters. The van der Waals surface area contributed by atoms with Gasteiger partial charge in [0.15, 0.2) is 0 Å². The van der Waals surface area contributed by atoms with Crippen molar-refractivity contribution in [1.82, 2.24) is 0 Å². The second-order valence-electron chi connectivity index (χ2n) is 4.29. The lowest BCUT2D eigenvalue weighted by Crippen LogP contribution is -1.83. The Morgan fingerprint density at radius 3 is 2.61 bits per heavy atom. The smallest absolute Gasteiger partial charge is 0.120 e. The van der Waals surface area contributed by atoms with Gasteiger partial charge >= 0.3 is 0 Å². The van der Waals surface area contributed by atoms with Crippen LogP contribution in [0.2, 0.25) is 0 Å². The summed E-state index contributed by atoms with van der Waals surface area (Å²) in [4.78, 5) is 13.1. The van der Waals surface area contributed by atoms with Crippen molar-refractivity contribution in [3.8, 4) is 0 Å². The van der Waals surface area contributed by atoms with Crippen molar-refractivity contribution < 1.29 is 4.79 Å². The fraction of sp³-hybridized carbons (Fsp3) is 0.438. The average Bonchev–Trinajstić information content (AvgIpc) is 2.41. The Morgan fingerprint density at radius 1 is 1.17 bits per heavy atom. The van der Waals surface area contributed by atoms with Crippen molar-refractivity contribution in [1.29, 1.82) is 0 Å². The molecule has 98 valence electrons. The summed E-state index contributed by atoms with van der Waals surface area (Å²) in [6.07, 6.45) is 9.71. The van der Waals surface area contributed by atoms with E-state index in [1.54, 1.807) is 11.8 Å². The van der Waals surface area contributed by atoms with Gasteiger partial charge in [0, 0.05) is 11.3 Å². The Labute approximate surface area is 115 Å². The van der Waals surface area contributed by atoms with Gasteiger partial charge in [-0.1, -0.05) is 55.8 Å². The number of aldehydes is 1. The van der Waals surface area contributed by atoms with Crippen LogP contribution < -0.4 is 0 Å². The minimum Gasteiger partial charge on any atom is -0.303 e. The predicted octanol–water partition coefficient (Wildman–Crippen LogP) is 5.22. The maximum absolute atomic E-state index is 10.5. The Balaban J connectivity index is 2.51. The van der Waals surface area contributed by atoms with E-state index in [1.807, 2.05) is 6.07 Å². The van der Waals surface area contributed by atoms with Crippen molar-refractivity contribution in [3.05, 3.63) is 41.3 Å². The lowest BCUT2D eigenvalue weighted by molar-refractivity contribution is -0.107. The molecule has 1 nitrogen and oxygen atoms in total. The lowest BCUT2D eigenvalue weighted by Gasteiger charge is -2.06. The molecule has 0 aliphatic heterocycles. The predicted molar refractivity (Wildman–Crippen MR) is 79.8 cm³/mol. The topological polar surface area (TPSA) is 17.1 Å². The molecule has 1 aromatic rings. The van der Waals surface area contributed by atoms with Gasteiger partial charge in [0.25, 0.3) is 0 Å². The molecule has 0 saturated heterocycles. The highest BCUT2D eigenvalue weighted by atomic mass is 32.2. The third-order valence-electron chi connectivity index (χ3n) is 2.68. The van der Waals surface area contributed by atoms with Gasteiger partial charge in [-0.05, 0) is 36.3 Å². The molecule has 0 saturated carbocycles. The van der Waals surface area contributed by atoms with E-state index in [1.165, 1.54) is 29.1 Å². The van der Waals surface area contributed by atoms with Crippen molar-refractivity contribution in [3.63, 3.8) is 0 Å². The molecule has 0 spiro atoms. The first-order valence-corrected chi connectivity index (χ1v) is 7.54. The van der Waals surface area contributed by atoms with Crippen molar-refractivity contribution in [2.24, 2.45) is 0 Å². The highest BCUT2D eigenvalue weighted by Gasteiger charge is 2.00. The zero-order valence-corrected chi connectivity index (χ0v) is 11.9. The zero-order chi connectivity index (χ0) is 13.1. The van der Waals surface area contributed by atoms with E-state index in [9.17, 15) is 4.79 Å². The number of allylic oxidation sites excluding steroid dienone is 2. The molecule has 0 bridgehead atoms. The number of hydrogen-bond acceptors (Lipinski definition) is 2. The monoisotopic (exact) mass is 262 g/mol. The van der Waals surface area contributed by atoms with Crippen LogP contribution in [-0.2, 0) is 4.79 Å². The fourth-order valence-corrected chi connectivity index (χ4v) is 2.71. The molecule has 0 fully saturated rings. The summed E-state index contributed by atoms with van der Waals surface area (Å²) < 4.78 is 0. The maximum Gasteiger partial charge on any atom is 0.120 e. The van der Waals surface area contributed by atoms with E-state index in [-0.39, 0.29) is 0 Å². The summed E-state index contributed by atoms with van der Waals surface area (Å²) in [6, 6.07) is 10.4. The number of hydrogen-bond donors (Lipinski definition) is 0. The average molecular weight is 262 g/mol. The molecule has 0 aromatic heterocycles. The van der Waals surface area contributed by atoms with Gasteiger partial charge in [0.2, 0.25) is 0 Å². The van der Waals surface area contributed by atoms with E-state index in [2.05, 4.69) is 37.3 Å². The number of rotatable bonds is 9. The van der Waals surface area contributed by atoms with Crippen LogP contribution in [0.25, 0.3) is 0 Å². The molecule has 2 heteroatoms. The van der Waals surface area contributed by atoms with Gasteiger partial charge in [-0.3, -0.25) is 0 Å². The Bertz CT molecular complexity index is 357. The highest BCUT2D eigenvalue weighted by Crippen LogP contribution is 2.29. The summed E-state index contributed by atoms with van der Waals surface area (Å²) in [5.74, 6) is 0. The van der Waals surface area contributed by atoms with Gasteiger partial charge in [0.05, 0.1) is 0 Å². The molecule has 0 aliphatic carbocycles. The van der Waals surface area contributed by atoms with Crippen LogP contribution in [0.4, 0.5) is 0 Å². The summed E-state index contributed by atoms with van der Waals surface area (Å²) in [5, 5.41) is 0. The lowest BCUT2D eigenvalue weighted by atomic mass is 10.2. The number of thioether (sulfide) groups is 1. The Kier molecular flexibility index (Phi) is 8.32. The van der Waals surface area contributed by atoms with Gasteiger partial charge in [-0.2, -0.15) is 0 Å². The second kappa shape index (κ2) is 9.95. The third kappa shape index (κ3) is 6.65. The van der Waals surface area contributed by atoms with E-state index >= 15 is 0 Å². The standard InChI is InChI=1S/C16H22OS/c1-2-3-4-6-10-16(13-9-14-17)18-15-11-7-5-8-12-15/h5,7-8,10-12,14H,2-4,6,9,13H2,1H3. The summed E-state index contributed by atoms with van der Waals surface area (Å²) in [7, 11) is 0. The summed E-state index contributed by atoms with van der Waals surface area (Å²) in [5.41, 5.74) is 0. The quantitative estimate of drug-likeness (QED) is 0.345. The highest BCUT2D eigenvalue weighted by molar-refractivity contribution is 8.03. The summed E-state index contributed by atoms with van der Waals surface area (Å²) in [6.45, 7) is 2.22. The minimum absolute atomic E-state index is 0.624. The Hall–Kier alpha value is -1.02. The molecule has 0 heterocycles. The number of carbonyl (C=O) groups excluding carboxylic acids is 1. The first-order chi connectivity index (χ1) is 8.86. The van der Waals surface area contributed by atoms with Gasteiger partial charge in [-0.25, -0.2) is 0 Å². The normalized spacial score (nSPS) is 11.5. The van der Waals surface area contributed by atoms with E-state index in [4.69, 9.17) is 0 Å². The third-order valence-corrected chi connectivity index (χ3v) is 3.82. The SMILES string of the molecule is CCCCCC=C(CCC=O)Sc1ccccc1. The molecule has 1 rings (SSSR count). The van der Waals surface area contributed by atoms with Crippen LogP contribution in [0, 0.1) is 0 Å². The first kappa shape index (κ1) is 15.0. The maximum atomic E-state index is 10.5. The number of benzene rings is 1. The van der Waals surface area contributed by atoms with E-state index in [0.717, 1.165) is 19.1 Å². The molecule has 0 N–H and O–H groups in total. The van der Waals surface area contributed by atoms with Gasteiger partial charge in [-0.15, -0.1) is 0 Å². The molecule has 0 aliphatic rings. The Morgan fingerprint density at radius 2 is 1.94 bits per heavy atom. The second-order valence-corrected chi connectivity index (χ2v) is 5.49. The molecular formula is C16H22OS. The largest absolute Gasteiger partial charge is 0.303 e. The zero-order valence-electron chi connectivity index (χ0n) is 11.1. The van der Waals surface area contributed by atoms with Crippen LogP contribution in [0.1, 0.15) is 45.4 Å². The molecule has 0 radical (unpaired) electrons. The van der Waals surface area contributed by atoms with Crippen LogP contribution in [0.15, 0.2) is 46.2 Å². The molecular weight excluding hydrogens is 240 g/mol. The van der Waals surface area contributed by atoms with Crippen LogP contribution in [0.5, 0.6) is 0 Å². The summed E-state index contributed by atoms with van der Waals surface area (Å²) >= 11 is 1.79. The van der Waals surface area contributed by atoms with Crippen molar-refractivity contribution in [2.45, 2.75) is 50.3 Å². The minimum atomic E-state index is 0.624.